The number of halogens is 1. The van der Waals surface area contributed by atoms with Crippen LogP contribution in [0.3, 0.4) is 0 Å². The third-order valence-electron chi connectivity index (χ3n) is 2.87. The number of nitrogen functional groups attached to an aromatic ring is 1. The highest BCUT2D eigenvalue weighted by Crippen LogP contribution is 2.33. The fourth-order valence-corrected chi connectivity index (χ4v) is 2.17. The van der Waals surface area contributed by atoms with Crippen molar-refractivity contribution in [3.8, 4) is 11.5 Å². The molecule has 0 atom stereocenters. The molecule has 3 nitrogen and oxygen atoms in total. The Morgan fingerprint density at radius 1 is 1.21 bits per heavy atom. The number of ether oxygens (including phenoxy) is 1. The molecule has 0 aliphatic carbocycles. The van der Waals surface area contributed by atoms with Gasteiger partial charge in [0.2, 0.25) is 0 Å². The highest BCUT2D eigenvalue weighted by atomic mass is 79.9. The normalized spacial score (nSPS) is 10.5. The molecule has 0 saturated heterocycles. The summed E-state index contributed by atoms with van der Waals surface area (Å²) in [6.45, 7) is 2.10. The molecular formula is C15H16BrNO2. The van der Waals surface area contributed by atoms with Crippen LogP contribution in [0.1, 0.15) is 11.1 Å². The van der Waals surface area contributed by atoms with Gasteiger partial charge >= 0.3 is 0 Å². The minimum Gasteiger partial charge on any atom is -0.456 e. The van der Waals surface area contributed by atoms with Crippen molar-refractivity contribution in [1.29, 1.82) is 0 Å². The van der Waals surface area contributed by atoms with Gasteiger partial charge in [-0.2, -0.15) is 0 Å². The van der Waals surface area contributed by atoms with Gasteiger partial charge in [-0.05, 0) is 64.7 Å². The second-order valence-electron chi connectivity index (χ2n) is 4.36. The molecule has 0 aromatic heterocycles. The number of aliphatic hydroxyl groups is 1. The van der Waals surface area contributed by atoms with Gasteiger partial charge < -0.3 is 15.6 Å². The molecule has 0 aliphatic rings. The summed E-state index contributed by atoms with van der Waals surface area (Å²) < 4.78 is 6.64. The van der Waals surface area contributed by atoms with E-state index in [-0.39, 0.29) is 6.61 Å². The summed E-state index contributed by atoms with van der Waals surface area (Å²) >= 11 is 3.44. The van der Waals surface area contributed by atoms with Crippen molar-refractivity contribution in [3.63, 3.8) is 0 Å². The van der Waals surface area contributed by atoms with Crippen LogP contribution in [0, 0.1) is 6.92 Å². The van der Waals surface area contributed by atoms with Gasteiger partial charge in [-0.15, -0.1) is 0 Å². The fraction of sp³-hybridized carbons (Fsp3) is 0.200. The van der Waals surface area contributed by atoms with Crippen LogP contribution < -0.4 is 10.5 Å². The summed E-state index contributed by atoms with van der Waals surface area (Å²) in [6, 6.07) is 11.4. The summed E-state index contributed by atoms with van der Waals surface area (Å²) in [6.07, 6.45) is 0.658. The summed E-state index contributed by atoms with van der Waals surface area (Å²) in [5.74, 6) is 1.49. The molecule has 3 N–H and O–H groups in total. The number of anilines is 1. The van der Waals surface area contributed by atoms with Crippen LogP contribution in [0.4, 0.5) is 5.69 Å². The molecule has 0 bridgehead atoms. The minimum absolute atomic E-state index is 0.156. The van der Waals surface area contributed by atoms with Gasteiger partial charge in [0.1, 0.15) is 11.5 Å². The van der Waals surface area contributed by atoms with Crippen molar-refractivity contribution in [2.75, 3.05) is 12.3 Å². The van der Waals surface area contributed by atoms with Crippen LogP contribution in [0.2, 0.25) is 0 Å². The molecule has 0 aliphatic heterocycles. The zero-order valence-electron chi connectivity index (χ0n) is 10.7. The maximum absolute atomic E-state index is 8.87. The van der Waals surface area contributed by atoms with Crippen molar-refractivity contribution >= 4 is 21.6 Å². The summed E-state index contributed by atoms with van der Waals surface area (Å²) in [5, 5.41) is 8.87. The highest BCUT2D eigenvalue weighted by molar-refractivity contribution is 9.10. The van der Waals surface area contributed by atoms with E-state index >= 15 is 0 Å². The zero-order chi connectivity index (χ0) is 13.8. The quantitative estimate of drug-likeness (QED) is 0.845. The lowest BCUT2D eigenvalue weighted by molar-refractivity contribution is 0.299. The summed E-state index contributed by atoms with van der Waals surface area (Å²) in [4.78, 5) is 0. The maximum atomic E-state index is 8.87. The number of aliphatic hydroxyl groups excluding tert-OH is 1. The summed E-state index contributed by atoms with van der Waals surface area (Å²) in [7, 11) is 0. The van der Waals surface area contributed by atoms with Gasteiger partial charge in [0.15, 0.2) is 0 Å². The monoisotopic (exact) mass is 321 g/mol. The van der Waals surface area contributed by atoms with E-state index in [0.29, 0.717) is 6.42 Å². The number of hydrogen-bond donors (Lipinski definition) is 2. The van der Waals surface area contributed by atoms with Crippen LogP contribution >= 0.6 is 15.9 Å². The number of hydrogen-bond acceptors (Lipinski definition) is 3. The van der Waals surface area contributed by atoms with Crippen LogP contribution in [-0.4, -0.2) is 11.7 Å². The first-order valence-electron chi connectivity index (χ1n) is 6.03. The SMILES string of the molecule is Cc1cc(Oc2ccc(CCO)cc2)c(Br)cc1N. The molecule has 2 rings (SSSR count). The molecule has 4 heteroatoms. The molecule has 0 heterocycles. The van der Waals surface area contributed by atoms with Crippen molar-refractivity contribution in [2.45, 2.75) is 13.3 Å². The van der Waals surface area contributed by atoms with Crippen LogP contribution in [0.5, 0.6) is 11.5 Å². The number of aryl methyl sites for hydroxylation is 1. The molecule has 2 aromatic carbocycles. The smallest absolute Gasteiger partial charge is 0.142 e. The van der Waals surface area contributed by atoms with Gasteiger partial charge in [-0.25, -0.2) is 0 Å². The lowest BCUT2D eigenvalue weighted by atomic mass is 10.1. The average Bonchev–Trinajstić information content (AvgIpc) is 2.38. The maximum Gasteiger partial charge on any atom is 0.142 e. The number of rotatable bonds is 4. The molecule has 0 radical (unpaired) electrons. The molecule has 19 heavy (non-hydrogen) atoms. The third-order valence-corrected chi connectivity index (χ3v) is 3.49. The Morgan fingerprint density at radius 3 is 2.53 bits per heavy atom. The van der Waals surface area contributed by atoms with E-state index in [1.165, 1.54) is 0 Å². The van der Waals surface area contributed by atoms with Gasteiger partial charge in [0.25, 0.3) is 0 Å². The largest absolute Gasteiger partial charge is 0.456 e. The number of nitrogens with two attached hydrogens (primary N) is 1. The van der Waals surface area contributed by atoms with Crippen LogP contribution in [-0.2, 0) is 6.42 Å². The van der Waals surface area contributed by atoms with Crippen molar-refractivity contribution < 1.29 is 9.84 Å². The molecule has 0 fully saturated rings. The molecule has 0 amide bonds. The molecule has 0 saturated carbocycles. The third kappa shape index (κ3) is 3.49. The van der Waals surface area contributed by atoms with Crippen molar-refractivity contribution in [3.05, 3.63) is 52.0 Å². The number of benzene rings is 2. The summed E-state index contributed by atoms with van der Waals surface area (Å²) in [5.41, 5.74) is 8.63. The Hall–Kier alpha value is -1.52. The lowest BCUT2D eigenvalue weighted by Crippen LogP contribution is -1.93. The van der Waals surface area contributed by atoms with E-state index in [2.05, 4.69) is 15.9 Å². The average molecular weight is 322 g/mol. The Morgan fingerprint density at radius 2 is 1.89 bits per heavy atom. The molecule has 0 unspecified atom stereocenters. The van der Waals surface area contributed by atoms with E-state index in [1.807, 2.05) is 43.3 Å². The van der Waals surface area contributed by atoms with E-state index in [9.17, 15) is 0 Å². The Labute approximate surface area is 121 Å². The second-order valence-corrected chi connectivity index (χ2v) is 5.21. The first kappa shape index (κ1) is 13.9. The fourth-order valence-electron chi connectivity index (χ4n) is 1.73. The van der Waals surface area contributed by atoms with Gasteiger partial charge in [0.05, 0.1) is 4.47 Å². The lowest BCUT2D eigenvalue weighted by Gasteiger charge is -2.10. The predicted octanol–water partition coefficient (Wildman–Crippen LogP) is 3.67. The first-order chi connectivity index (χ1) is 9.10. The van der Waals surface area contributed by atoms with Gasteiger partial charge in [-0.1, -0.05) is 12.1 Å². The minimum atomic E-state index is 0.156. The van der Waals surface area contributed by atoms with E-state index in [0.717, 1.165) is 32.8 Å². The zero-order valence-corrected chi connectivity index (χ0v) is 12.3. The highest BCUT2D eigenvalue weighted by Gasteiger charge is 2.06. The Bertz CT molecular complexity index is 567. The molecule has 2 aromatic rings. The van der Waals surface area contributed by atoms with Crippen molar-refractivity contribution in [2.24, 2.45) is 0 Å². The standard InChI is InChI=1S/C15H16BrNO2/c1-10-8-15(13(16)9-14(10)17)19-12-4-2-11(3-5-12)6-7-18/h2-5,8-9,18H,6-7,17H2,1H3. The Balaban J connectivity index is 2.19. The molecule has 100 valence electrons. The van der Waals surface area contributed by atoms with Crippen LogP contribution in [0.15, 0.2) is 40.9 Å². The van der Waals surface area contributed by atoms with Crippen molar-refractivity contribution in [1.82, 2.24) is 0 Å². The van der Waals surface area contributed by atoms with Gasteiger partial charge in [-0.3, -0.25) is 0 Å². The van der Waals surface area contributed by atoms with Gasteiger partial charge in [0, 0.05) is 12.3 Å². The van der Waals surface area contributed by atoms with Crippen LogP contribution in [0.25, 0.3) is 0 Å². The molecular weight excluding hydrogens is 306 g/mol. The van der Waals surface area contributed by atoms with E-state index in [4.69, 9.17) is 15.6 Å². The predicted molar refractivity (Wildman–Crippen MR) is 80.6 cm³/mol. The first-order valence-corrected chi connectivity index (χ1v) is 6.82. The second kappa shape index (κ2) is 6.08. The Kier molecular flexibility index (Phi) is 4.45. The van der Waals surface area contributed by atoms with E-state index in [1.54, 1.807) is 0 Å². The topological polar surface area (TPSA) is 55.5 Å². The van der Waals surface area contributed by atoms with E-state index < -0.39 is 0 Å². The molecule has 0 spiro atoms.